The highest BCUT2D eigenvalue weighted by Gasteiger charge is 2.14. The number of ether oxygens (including phenoxy) is 1. The molecule has 0 radical (unpaired) electrons. The molecule has 0 aliphatic rings. The molecule has 0 atom stereocenters. The first-order valence-corrected chi connectivity index (χ1v) is 8.58. The Labute approximate surface area is 157 Å². The van der Waals surface area contributed by atoms with Crippen molar-refractivity contribution in [2.24, 2.45) is 0 Å². The van der Waals surface area contributed by atoms with Gasteiger partial charge in [0.25, 0.3) is 5.91 Å². The molecule has 1 heterocycles. The van der Waals surface area contributed by atoms with Crippen LogP contribution in [-0.2, 0) is 16.1 Å². The maximum absolute atomic E-state index is 12.3. The molecular weight excluding hydrogens is 342 g/mol. The molecular formula is C21H21N3O3. The van der Waals surface area contributed by atoms with Crippen molar-refractivity contribution in [2.75, 3.05) is 25.6 Å². The van der Waals surface area contributed by atoms with Gasteiger partial charge in [0.2, 0.25) is 0 Å². The Morgan fingerprint density at radius 3 is 2.52 bits per heavy atom. The fourth-order valence-corrected chi connectivity index (χ4v) is 2.64. The van der Waals surface area contributed by atoms with Crippen molar-refractivity contribution >= 4 is 28.5 Å². The molecule has 0 aliphatic heterocycles. The summed E-state index contributed by atoms with van der Waals surface area (Å²) in [6, 6.07) is 16.8. The minimum atomic E-state index is -0.565. The second kappa shape index (κ2) is 8.31. The maximum atomic E-state index is 12.3. The monoisotopic (exact) mass is 363 g/mol. The summed E-state index contributed by atoms with van der Waals surface area (Å²) < 4.78 is 5.14. The molecule has 0 saturated heterocycles. The predicted molar refractivity (Wildman–Crippen MR) is 105 cm³/mol. The molecule has 0 unspecified atom stereocenters. The molecule has 3 aromatic rings. The first-order valence-electron chi connectivity index (χ1n) is 8.58. The van der Waals surface area contributed by atoms with E-state index in [-0.39, 0.29) is 12.5 Å². The molecule has 6 heteroatoms. The molecule has 1 amide bonds. The molecule has 27 heavy (non-hydrogen) atoms. The average Bonchev–Trinajstić information content (AvgIpc) is 2.70. The van der Waals surface area contributed by atoms with Crippen LogP contribution >= 0.6 is 0 Å². The molecule has 2 aromatic carbocycles. The summed E-state index contributed by atoms with van der Waals surface area (Å²) in [6.07, 6.45) is 1.62. The highest BCUT2D eigenvalue weighted by atomic mass is 16.5. The summed E-state index contributed by atoms with van der Waals surface area (Å²) >= 11 is 0. The summed E-state index contributed by atoms with van der Waals surface area (Å²) in [6.45, 7) is 0.0394. The minimum absolute atomic E-state index is 0.335. The van der Waals surface area contributed by atoms with Crippen LogP contribution in [0.5, 0.6) is 0 Å². The van der Waals surface area contributed by atoms with Crippen molar-refractivity contribution in [3.63, 3.8) is 0 Å². The van der Waals surface area contributed by atoms with Gasteiger partial charge in [-0.25, -0.2) is 4.79 Å². The SMILES string of the molecule is CN(C)c1ccc(CNC(=O)COC(=O)c2cccc3cccnc23)cc1. The van der Waals surface area contributed by atoms with Crippen molar-refractivity contribution in [3.8, 4) is 0 Å². The van der Waals surface area contributed by atoms with E-state index in [4.69, 9.17) is 4.74 Å². The zero-order valence-corrected chi connectivity index (χ0v) is 15.3. The molecule has 138 valence electrons. The van der Waals surface area contributed by atoms with Gasteiger partial charge in [0, 0.05) is 37.9 Å². The van der Waals surface area contributed by atoms with Crippen LogP contribution in [0.1, 0.15) is 15.9 Å². The van der Waals surface area contributed by atoms with Crippen LogP contribution in [0.25, 0.3) is 10.9 Å². The van der Waals surface area contributed by atoms with E-state index in [1.807, 2.05) is 55.4 Å². The van der Waals surface area contributed by atoms with Crippen molar-refractivity contribution in [3.05, 3.63) is 71.9 Å². The van der Waals surface area contributed by atoms with E-state index in [1.165, 1.54) is 0 Å². The third-order valence-corrected chi connectivity index (χ3v) is 4.13. The molecule has 0 aliphatic carbocycles. The van der Waals surface area contributed by atoms with Crippen LogP contribution in [-0.4, -0.2) is 37.6 Å². The Balaban J connectivity index is 1.53. The number of hydrogen-bond donors (Lipinski definition) is 1. The fraction of sp³-hybridized carbons (Fsp3) is 0.190. The Morgan fingerprint density at radius 2 is 1.78 bits per heavy atom. The molecule has 0 bridgehead atoms. The fourth-order valence-electron chi connectivity index (χ4n) is 2.64. The van der Waals surface area contributed by atoms with Crippen molar-refractivity contribution in [1.82, 2.24) is 10.3 Å². The van der Waals surface area contributed by atoms with Crippen molar-refractivity contribution in [2.45, 2.75) is 6.54 Å². The number of esters is 1. The van der Waals surface area contributed by atoms with Gasteiger partial charge in [-0.15, -0.1) is 0 Å². The van der Waals surface area contributed by atoms with Crippen LogP contribution in [0, 0.1) is 0 Å². The molecule has 0 spiro atoms. The Kier molecular flexibility index (Phi) is 5.66. The van der Waals surface area contributed by atoms with Crippen molar-refractivity contribution < 1.29 is 14.3 Å². The number of carbonyl (C=O) groups is 2. The van der Waals surface area contributed by atoms with Crippen LogP contribution in [0.2, 0.25) is 0 Å². The smallest absolute Gasteiger partial charge is 0.340 e. The molecule has 0 saturated carbocycles. The topological polar surface area (TPSA) is 71.5 Å². The summed E-state index contributed by atoms with van der Waals surface area (Å²) in [5.41, 5.74) is 2.97. The lowest BCUT2D eigenvalue weighted by Gasteiger charge is -2.13. The third-order valence-electron chi connectivity index (χ3n) is 4.13. The molecule has 3 rings (SSSR count). The molecule has 1 aromatic heterocycles. The number of pyridine rings is 1. The summed E-state index contributed by atoms with van der Waals surface area (Å²) in [5.74, 6) is -0.919. The number of para-hydroxylation sites is 1. The first-order chi connectivity index (χ1) is 13.0. The second-order valence-corrected chi connectivity index (χ2v) is 6.29. The zero-order chi connectivity index (χ0) is 19.2. The highest BCUT2D eigenvalue weighted by Crippen LogP contribution is 2.16. The number of amides is 1. The maximum Gasteiger partial charge on any atom is 0.340 e. The van der Waals surface area contributed by atoms with Gasteiger partial charge in [0.1, 0.15) is 0 Å². The van der Waals surface area contributed by atoms with E-state index in [9.17, 15) is 9.59 Å². The summed E-state index contributed by atoms with van der Waals surface area (Å²) in [5, 5.41) is 3.59. The number of fused-ring (bicyclic) bond motifs is 1. The van der Waals surface area contributed by atoms with Crippen molar-refractivity contribution in [1.29, 1.82) is 0 Å². The van der Waals surface area contributed by atoms with Crippen LogP contribution in [0.4, 0.5) is 5.69 Å². The van der Waals surface area contributed by atoms with Crippen LogP contribution in [0.15, 0.2) is 60.8 Å². The van der Waals surface area contributed by atoms with E-state index in [1.54, 1.807) is 24.4 Å². The number of aromatic nitrogens is 1. The number of anilines is 1. The lowest BCUT2D eigenvalue weighted by molar-refractivity contribution is -0.124. The van der Waals surface area contributed by atoms with Gasteiger partial charge in [-0.1, -0.05) is 30.3 Å². The number of benzene rings is 2. The number of rotatable bonds is 6. The van der Waals surface area contributed by atoms with E-state index < -0.39 is 5.97 Å². The van der Waals surface area contributed by atoms with Gasteiger partial charge in [0.05, 0.1) is 11.1 Å². The highest BCUT2D eigenvalue weighted by molar-refractivity contribution is 6.03. The van der Waals surface area contributed by atoms with E-state index in [2.05, 4.69) is 10.3 Å². The largest absolute Gasteiger partial charge is 0.452 e. The number of nitrogens with zero attached hydrogens (tertiary/aromatic N) is 2. The lowest BCUT2D eigenvalue weighted by atomic mass is 10.1. The van der Waals surface area contributed by atoms with Gasteiger partial charge in [-0.05, 0) is 29.8 Å². The van der Waals surface area contributed by atoms with Gasteiger partial charge in [0.15, 0.2) is 6.61 Å². The Morgan fingerprint density at radius 1 is 1.04 bits per heavy atom. The molecule has 6 nitrogen and oxygen atoms in total. The zero-order valence-electron chi connectivity index (χ0n) is 15.3. The Hall–Kier alpha value is -3.41. The molecule has 1 N–H and O–H groups in total. The summed E-state index contributed by atoms with van der Waals surface area (Å²) in [7, 11) is 3.94. The van der Waals surface area contributed by atoms with Crippen LogP contribution in [0.3, 0.4) is 0 Å². The Bertz CT molecular complexity index is 947. The van der Waals surface area contributed by atoms with E-state index >= 15 is 0 Å². The number of nitrogens with one attached hydrogen (secondary N) is 1. The van der Waals surface area contributed by atoms with Crippen LogP contribution < -0.4 is 10.2 Å². The standard InChI is InChI=1S/C21H21N3O3/c1-24(2)17-10-8-15(9-11-17)13-23-19(25)14-27-21(26)18-7-3-5-16-6-4-12-22-20(16)18/h3-12H,13-14H2,1-2H3,(H,23,25). The lowest BCUT2D eigenvalue weighted by Crippen LogP contribution is -2.28. The van der Waals surface area contributed by atoms with E-state index in [0.29, 0.717) is 17.6 Å². The van der Waals surface area contributed by atoms with Gasteiger partial charge < -0.3 is 15.0 Å². The summed E-state index contributed by atoms with van der Waals surface area (Å²) in [4.78, 5) is 30.5. The minimum Gasteiger partial charge on any atom is -0.452 e. The normalized spacial score (nSPS) is 10.4. The van der Waals surface area contributed by atoms with Gasteiger partial charge in [-0.3, -0.25) is 9.78 Å². The average molecular weight is 363 g/mol. The first kappa shape index (κ1) is 18.4. The number of carbonyl (C=O) groups excluding carboxylic acids is 2. The second-order valence-electron chi connectivity index (χ2n) is 6.29. The van der Waals surface area contributed by atoms with E-state index in [0.717, 1.165) is 16.6 Å². The van der Waals surface area contributed by atoms with Gasteiger partial charge in [-0.2, -0.15) is 0 Å². The third kappa shape index (κ3) is 4.61. The number of hydrogen-bond acceptors (Lipinski definition) is 5. The molecule has 0 fully saturated rings. The quantitative estimate of drug-likeness (QED) is 0.682. The predicted octanol–water partition coefficient (Wildman–Crippen LogP) is 2.77. The van der Waals surface area contributed by atoms with Gasteiger partial charge >= 0.3 is 5.97 Å².